The second kappa shape index (κ2) is 78.9. The lowest BCUT2D eigenvalue weighted by molar-refractivity contribution is -0.870. The molecule has 9 heteroatoms. The first-order valence-electron chi connectivity index (χ1n) is 41.9. The number of unbranched alkanes of at least 4 members (excludes halogenated alkanes) is 47. The molecule has 0 aromatic rings. The number of carboxylic acid groups (broad SMARTS) is 1. The highest BCUT2D eigenvalue weighted by molar-refractivity contribution is 5.71. The molecule has 0 heterocycles. The molecule has 2 unspecified atom stereocenters. The van der Waals surface area contributed by atoms with E-state index in [0.717, 1.165) is 96.3 Å². The van der Waals surface area contributed by atoms with Gasteiger partial charge in [-0.3, -0.25) is 9.59 Å². The van der Waals surface area contributed by atoms with Crippen molar-refractivity contribution in [1.82, 2.24) is 0 Å². The first-order valence-corrected chi connectivity index (χ1v) is 41.9. The highest BCUT2D eigenvalue weighted by Gasteiger charge is 2.25. The van der Waals surface area contributed by atoms with E-state index in [0.29, 0.717) is 23.9 Å². The lowest BCUT2D eigenvalue weighted by Crippen LogP contribution is -2.40. The Kier molecular flexibility index (Phi) is 75.9. The largest absolute Gasteiger partial charge is 0.477 e. The van der Waals surface area contributed by atoms with Crippen LogP contribution in [0.1, 0.15) is 393 Å². The van der Waals surface area contributed by atoms with Gasteiger partial charge in [0.2, 0.25) is 0 Å². The third-order valence-corrected chi connectivity index (χ3v) is 18.6. The summed E-state index contributed by atoms with van der Waals surface area (Å²) in [4.78, 5) is 37.8. The summed E-state index contributed by atoms with van der Waals surface area (Å²) in [5, 5.41) is 9.78. The van der Waals surface area contributed by atoms with Crippen molar-refractivity contribution in [3.05, 3.63) is 97.2 Å². The number of rotatable bonds is 78. The normalized spacial score (nSPS) is 13.1. The van der Waals surface area contributed by atoms with Gasteiger partial charge >= 0.3 is 17.9 Å². The van der Waals surface area contributed by atoms with Crippen LogP contribution in [0.2, 0.25) is 0 Å². The molecule has 0 bridgehead atoms. The van der Waals surface area contributed by atoms with Crippen molar-refractivity contribution in [2.45, 2.75) is 405 Å². The van der Waals surface area contributed by atoms with E-state index in [-0.39, 0.29) is 32.2 Å². The molecule has 0 aromatic carbocycles. The molecule has 0 radical (unpaired) electrons. The smallest absolute Gasteiger partial charge is 0.361 e. The Morgan fingerprint density at radius 2 is 0.582 bits per heavy atom. The Labute approximate surface area is 607 Å². The van der Waals surface area contributed by atoms with Gasteiger partial charge in [-0.1, -0.05) is 400 Å². The van der Waals surface area contributed by atoms with E-state index in [1.807, 2.05) is 21.1 Å². The van der Waals surface area contributed by atoms with Crippen molar-refractivity contribution >= 4 is 17.9 Å². The van der Waals surface area contributed by atoms with Gasteiger partial charge in [0.15, 0.2) is 6.10 Å². The second-order valence-corrected chi connectivity index (χ2v) is 29.4. The molecule has 0 saturated carbocycles. The molecule has 0 fully saturated rings. The monoisotopic (exact) mass is 1370 g/mol. The van der Waals surface area contributed by atoms with E-state index >= 15 is 0 Å². The number of carbonyl (C=O) groups excluding carboxylic acids is 2. The molecule has 1 N–H and O–H groups in total. The molecule has 0 aromatic heterocycles. The molecule has 0 aliphatic carbocycles. The maximum Gasteiger partial charge on any atom is 0.361 e. The standard InChI is InChI=1S/C89H159NO8/c1-6-8-10-12-14-16-18-20-22-24-26-28-30-32-34-36-38-40-41-42-43-44-45-46-48-49-51-53-55-57-59-61-63-65-67-69-71-73-75-77-79-86(91)96-83-85(84-97-89(88(93)94)95-82-81-90(3,4)5)98-87(92)80-78-76-74-72-70-68-66-64-62-60-58-56-54-52-50-47-39-37-35-33-31-29-27-25-23-21-19-17-15-13-11-9-7-2/h9,11,15,17,21,23,27,29,33,35,39,47,52,54,58,60,85,89H,6-8,10,12-14,16,18-20,22,24-26,28,30-32,34,36-38,40-46,48-51,53,55-57,59,61-84H2,1-5H3/p+1/b11-9-,17-15-,23-21-,29-27-,35-33-,47-39-,54-52-,60-58-. The van der Waals surface area contributed by atoms with E-state index in [1.54, 1.807) is 0 Å². The van der Waals surface area contributed by atoms with Crippen LogP contribution >= 0.6 is 0 Å². The summed E-state index contributed by atoms with van der Waals surface area (Å²) in [5.74, 6) is -2.00. The van der Waals surface area contributed by atoms with Crippen molar-refractivity contribution in [2.24, 2.45) is 0 Å². The first kappa shape index (κ1) is 94.2. The highest BCUT2D eigenvalue weighted by Crippen LogP contribution is 2.20. The summed E-state index contributed by atoms with van der Waals surface area (Å²) in [6.45, 7) is 4.80. The van der Waals surface area contributed by atoms with Crippen LogP contribution in [-0.4, -0.2) is 87.4 Å². The zero-order valence-corrected chi connectivity index (χ0v) is 65.2. The zero-order valence-electron chi connectivity index (χ0n) is 65.2. The van der Waals surface area contributed by atoms with Gasteiger partial charge in [0.25, 0.3) is 6.29 Å². The van der Waals surface area contributed by atoms with Gasteiger partial charge in [0.05, 0.1) is 34.4 Å². The first-order chi connectivity index (χ1) is 48.1. The van der Waals surface area contributed by atoms with Crippen LogP contribution in [0.25, 0.3) is 0 Å². The number of hydrogen-bond acceptors (Lipinski definition) is 7. The van der Waals surface area contributed by atoms with Gasteiger partial charge in [-0.2, -0.15) is 0 Å². The van der Waals surface area contributed by atoms with Crippen molar-refractivity contribution in [3.8, 4) is 0 Å². The topological polar surface area (TPSA) is 108 Å². The molecule has 2 atom stereocenters. The number of ether oxygens (including phenoxy) is 4. The third-order valence-electron chi connectivity index (χ3n) is 18.6. The maximum absolute atomic E-state index is 13.0. The third kappa shape index (κ3) is 79.5. The molecule has 9 nitrogen and oxygen atoms in total. The van der Waals surface area contributed by atoms with E-state index in [1.165, 1.54) is 263 Å². The number of esters is 2. The number of aliphatic carboxylic acids is 1. The van der Waals surface area contributed by atoms with E-state index in [9.17, 15) is 19.5 Å². The Bertz CT molecular complexity index is 1940. The fourth-order valence-electron chi connectivity index (χ4n) is 12.3. The van der Waals surface area contributed by atoms with Crippen LogP contribution in [-0.2, 0) is 33.3 Å². The minimum absolute atomic E-state index is 0.183. The van der Waals surface area contributed by atoms with Crippen LogP contribution in [0.3, 0.4) is 0 Å². The van der Waals surface area contributed by atoms with Gasteiger partial charge in [0, 0.05) is 12.8 Å². The lowest BCUT2D eigenvalue weighted by atomic mass is 10.0. The Morgan fingerprint density at radius 3 is 0.867 bits per heavy atom. The van der Waals surface area contributed by atoms with Gasteiger partial charge in [-0.15, -0.1) is 0 Å². The molecule has 0 aliphatic heterocycles. The fourth-order valence-corrected chi connectivity index (χ4v) is 12.3. The van der Waals surface area contributed by atoms with E-state index in [4.69, 9.17) is 18.9 Å². The van der Waals surface area contributed by atoms with E-state index < -0.39 is 24.3 Å². The fraction of sp³-hybridized carbons (Fsp3) is 0.787. The number of allylic oxidation sites excluding steroid dienone is 16. The Balaban J connectivity index is 3.99. The molecule has 0 amide bonds. The molecule has 0 spiro atoms. The van der Waals surface area contributed by atoms with Crippen LogP contribution < -0.4 is 0 Å². The minimum atomic E-state index is -1.52. The summed E-state index contributed by atoms with van der Waals surface area (Å²) in [6.07, 6.45) is 107. The molecule has 0 saturated heterocycles. The van der Waals surface area contributed by atoms with Crippen molar-refractivity contribution in [2.75, 3.05) is 47.5 Å². The van der Waals surface area contributed by atoms with Gasteiger partial charge in [-0.05, 0) is 77.0 Å². The Morgan fingerprint density at radius 1 is 0.316 bits per heavy atom. The summed E-state index contributed by atoms with van der Waals surface area (Å²) < 4.78 is 23.0. The SMILES string of the molecule is CC/C=C\C/C=C\C/C=C\C/C=C\C/C=C\C/C=C\C/C=C\C/C=C\CCCCCCCCCCC(=O)OC(COC(=O)CCCCCCCCCCCCCCCCCCCCCCCCCCCCCCCCCCCCCCCCCC)COC(OCC[N+](C)(C)C)C(=O)O. The predicted molar refractivity (Wildman–Crippen MR) is 424 cm³/mol. The quantitative estimate of drug-likeness (QED) is 0.0211. The lowest BCUT2D eigenvalue weighted by Gasteiger charge is -2.25. The highest BCUT2D eigenvalue weighted by atomic mass is 16.7. The summed E-state index contributed by atoms with van der Waals surface area (Å²) in [7, 11) is 5.98. The average Bonchev–Trinajstić information content (AvgIpc) is 1.14. The molecule has 568 valence electrons. The zero-order chi connectivity index (χ0) is 71.1. The number of quaternary nitrogens is 1. The minimum Gasteiger partial charge on any atom is -0.477 e. The van der Waals surface area contributed by atoms with Crippen molar-refractivity contribution in [3.63, 3.8) is 0 Å². The number of carbonyl (C=O) groups is 3. The number of nitrogens with zero attached hydrogens (tertiary/aromatic N) is 1. The molecule has 0 rings (SSSR count). The maximum atomic E-state index is 13.0. The predicted octanol–water partition coefficient (Wildman–Crippen LogP) is 27.1. The number of carboxylic acids is 1. The molecule has 98 heavy (non-hydrogen) atoms. The van der Waals surface area contributed by atoms with Gasteiger partial charge < -0.3 is 28.5 Å². The van der Waals surface area contributed by atoms with Crippen LogP contribution in [0, 0.1) is 0 Å². The van der Waals surface area contributed by atoms with Crippen LogP contribution in [0.15, 0.2) is 97.2 Å². The number of likely N-dealkylation sites (N-methyl/N-ethyl adjacent to an activating group) is 1. The van der Waals surface area contributed by atoms with Crippen LogP contribution in [0.4, 0.5) is 0 Å². The Hall–Kier alpha value is -3.79. The van der Waals surface area contributed by atoms with Gasteiger partial charge in [-0.25, -0.2) is 4.79 Å². The summed E-state index contributed by atoms with van der Waals surface area (Å²) in [5.41, 5.74) is 0. The van der Waals surface area contributed by atoms with E-state index in [2.05, 4.69) is 111 Å². The summed E-state index contributed by atoms with van der Waals surface area (Å²) in [6, 6.07) is 0. The van der Waals surface area contributed by atoms with Crippen molar-refractivity contribution < 1.29 is 42.9 Å². The number of hydrogen-bond donors (Lipinski definition) is 1. The molecular weight excluding hydrogens is 1210 g/mol. The molecular formula is C89H160NO8+. The van der Waals surface area contributed by atoms with Gasteiger partial charge in [0.1, 0.15) is 13.2 Å². The molecule has 0 aliphatic rings. The summed E-state index contributed by atoms with van der Waals surface area (Å²) >= 11 is 0. The van der Waals surface area contributed by atoms with Crippen molar-refractivity contribution in [1.29, 1.82) is 0 Å². The van der Waals surface area contributed by atoms with Crippen LogP contribution in [0.5, 0.6) is 0 Å². The second-order valence-electron chi connectivity index (χ2n) is 29.4. The average molecular weight is 1370 g/mol.